The van der Waals surface area contributed by atoms with E-state index in [0.29, 0.717) is 0 Å². The highest BCUT2D eigenvalue weighted by Crippen LogP contribution is 2.56. The van der Waals surface area contributed by atoms with Crippen LogP contribution in [0, 0.1) is 0 Å². The van der Waals surface area contributed by atoms with Gasteiger partial charge in [-0.25, -0.2) is 9.64 Å². The number of ether oxygens (including phenoxy) is 3. The summed E-state index contributed by atoms with van der Waals surface area (Å²) in [5, 5.41) is 0. The van der Waals surface area contributed by atoms with Crippen LogP contribution in [0.4, 0.5) is 48.3 Å². The van der Waals surface area contributed by atoms with Crippen molar-refractivity contribution in [1.29, 1.82) is 0 Å². The van der Waals surface area contributed by atoms with Gasteiger partial charge in [-0.3, -0.25) is 0 Å². The maximum atomic E-state index is 13.4. The summed E-state index contributed by atoms with van der Waals surface area (Å²) in [4.78, 5) is -2.45. The first-order valence-electron chi connectivity index (χ1n) is 5.92. The van der Waals surface area contributed by atoms with Gasteiger partial charge in [0.05, 0.1) is 12.8 Å². The highest BCUT2D eigenvalue weighted by Gasteiger charge is 2.82. The third-order valence-electron chi connectivity index (χ3n) is 2.63. The lowest BCUT2D eigenvalue weighted by Crippen LogP contribution is -2.72. The molecule has 0 radical (unpaired) electrons. The standard InChI is InChI=1S/C10H8F11NO3/c1-23-2-3-24-5(6(11,12)13)4-22-7(14,15)9(18,19)25-10(20,21)8(22,16)17/h4H,2-3H2,1H3. The van der Waals surface area contributed by atoms with Crippen LogP contribution in [0.2, 0.25) is 0 Å². The topological polar surface area (TPSA) is 30.9 Å². The summed E-state index contributed by atoms with van der Waals surface area (Å²) in [5.74, 6) is -2.66. The lowest BCUT2D eigenvalue weighted by Gasteiger charge is -2.46. The number of nitrogens with zero attached hydrogens (tertiary/aromatic N) is 1. The maximum Gasteiger partial charge on any atom is 0.450 e. The van der Waals surface area contributed by atoms with Crippen molar-refractivity contribution in [2.24, 2.45) is 0 Å². The number of hydrogen-bond donors (Lipinski definition) is 0. The van der Waals surface area contributed by atoms with Crippen LogP contribution in [-0.4, -0.2) is 55.7 Å². The predicted molar refractivity (Wildman–Crippen MR) is 54.7 cm³/mol. The third-order valence-corrected chi connectivity index (χ3v) is 2.63. The molecule has 0 aromatic rings. The van der Waals surface area contributed by atoms with Gasteiger partial charge in [-0.15, -0.1) is 0 Å². The quantitative estimate of drug-likeness (QED) is 0.305. The Morgan fingerprint density at radius 3 is 1.72 bits per heavy atom. The molecule has 0 aromatic heterocycles. The van der Waals surface area contributed by atoms with Gasteiger partial charge in [0.15, 0.2) is 0 Å². The highest BCUT2D eigenvalue weighted by atomic mass is 19.4. The fraction of sp³-hybridized carbons (Fsp3) is 0.800. The molecule has 148 valence electrons. The van der Waals surface area contributed by atoms with Crippen molar-refractivity contribution >= 4 is 0 Å². The second-order valence-electron chi connectivity index (χ2n) is 4.42. The minimum absolute atomic E-state index is 0.588. The maximum absolute atomic E-state index is 13.4. The van der Waals surface area contributed by atoms with E-state index in [1.165, 1.54) is 0 Å². The molecule has 1 rings (SSSR count). The summed E-state index contributed by atoms with van der Waals surface area (Å²) in [6.07, 6.45) is -19.6. The van der Waals surface area contributed by atoms with E-state index >= 15 is 0 Å². The Hall–Kier alpha value is -1.51. The van der Waals surface area contributed by atoms with Gasteiger partial charge in [-0.05, 0) is 0 Å². The minimum Gasteiger partial charge on any atom is -0.485 e. The Morgan fingerprint density at radius 2 is 1.36 bits per heavy atom. The van der Waals surface area contributed by atoms with E-state index in [-0.39, 0.29) is 0 Å². The largest absolute Gasteiger partial charge is 0.485 e. The van der Waals surface area contributed by atoms with Gasteiger partial charge < -0.3 is 9.47 Å². The summed E-state index contributed by atoms with van der Waals surface area (Å²) in [6, 6.07) is -12.5. The van der Waals surface area contributed by atoms with Crippen LogP contribution in [0.1, 0.15) is 0 Å². The number of alkyl halides is 11. The van der Waals surface area contributed by atoms with Crippen LogP contribution in [0.5, 0.6) is 0 Å². The minimum atomic E-state index is -6.26. The number of morpholine rings is 1. The van der Waals surface area contributed by atoms with Crippen LogP contribution in [0.15, 0.2) is 12.0 Å². The molecular formula is C10H8F11NO3. The van der Waals surface area contributed by atoms with Crippen molar-refractivity contribution in [2.45, 2.75) is 30.5 Å². The first-order valence-corrected chi connectivity index (χ1v) is 5.92. The van der Waals surface area contributed by atoms with E-state index in [0.717, 1.165) is 7.11 Å². The second-order valence-corrected chi connectivity index (χ2v) is 4.42. The fourth-order valence-corrected chi connectivity index (χ4v) is 1.45. The number of halogens is 11. The smallest absolute Gasteiger partial charge is 0.450 e. The summed E-state index contributed by atoms with van der Waals surface area (Å²) < 4.78 is 153. The average Bonchev–Trinajstić information content (AvgIpc) is 2.37. The molecule has 0 aliphatic carbocycles. The van der Waals surface area contributed by atoms with E-state index in [2.05, 4.69) is 14.2 Å². The zero-order chi connectivity index (χ0) is 19.9. The molecule has 1 aliphatic rings. The zero-order valence-corrected chi connectivity index (χ0v) is 11.8. The molecule has 0 unspecified atom stereocenters. The summed E-state index contributed by atoms with van der Waals surface area (Å²) in [7, 11) is 0.978. The molecule has 1 fully saturated rings. The van der Waals surface area contributed by atoms with E-state index in [9.17, 15) is 48.3 Å². The highest BCUT2D eigenvalue weighted by molar-refractivity contribution is 5.07. The molecule has 0 amide bonds. The SMILES string of the molecule is COCCOC(=CN1C(F)(F)C(F)(F)OC(F)(F)C1(F)F)C(F)(F)F. The van der Waals surface area contributed by atoms with E-state index in [1.54, 1.807) is 0 Å². The molecular weight excluding hydrogens is 391 g/mol. The molecule has 15 heteroatoms. The summed E-state index contributed by atoms with van der Waals surface area (Å²) in [6.45, 7) is -1.62. The van der Waals surface area contributed by atoms with Crippen molar-refractivity contribution in [1.82, 2.24) is 4.90 Å². The van der Waals surface area contributed by atoms with Gasteiger partial charge in [-0.1, -0.05) is 0 Å². The Labute approximate surface area is 131 Å². The number of methoxy groups -OCH3 is 1. The van der Waals surface area contributed by atoms with Gasteiger partial charge in [0.25, 0.3) is 0 Å². The van der Waals surface area contributed by atoms with E-state index in [1.807, 2.05) is 0 Å². The van der Waals surface area contributed by atoms with Crippen molar-refractivity contribution in [2.75, 3.05) is 20.3 Å². The first kappa shape index (κ1) is 21.5. The van der Waals surface area contributed by atoms with Gasteiger partial charge in [0, 0.05) is 7.11 Å². The molecule has 0 saturated carbocycles. The summed E-state index contributed by atoms with van der Waals surface area (Å²) >= 11 is 0. The normalized spacial score (nSPS) is 25.0. The molecule has 0 N–H and O–H groups in total. The second kappa shape index (κ2) is 6.34. The van der Waals surface area contributed by atoms with Gasteiger partial charge in [-0.2, -0.15) is 48.3 Å². The van der Waals surface area contributed by atoms with Crippen molar-refractivity contribution < 1.29 is 62.5 Å². The number of allylic oxidation sites excluding steroid dienone is 1. The molecule has 0 aromatic carbocycles. The fourth-order valence-electron chi connectivity index (χ4n) is 1.45. The summed E-state index contributed by atoms with van der Waals surface area (Å²) in [5.41, 5.74) is 0. The van der Waals surface area contributed by atoms with Crippen LogP contribution in [0.25, 0.3) is 0 Å². The monoisotopic (exact) mass is 399 g/mol. The molecule has 1 saturated heterocycles. The lowest BCUT2D eigenvalue weighted by molar-refractivity contribution is -0.555. The van der Waals surface area contributed by atoms with Gasteiger partial charge >= 0.3 is 30.5 Å². The first-order chi connectivity index (χ1) is 11.0. The van der Waals surface area contributed by atoms with Crippen molar-refractivity contribution in [3.63, 3.8) is 0 Å². The average molecular weight is 399 g/mol. The molecule has 0 atom stereocenters. The molecule has 0 bridgehead atoms. The van der Waals surface area contributed by atoms with Crippen LogP contribution in [-0.2, 0) is 14.2 Å². The van der Waals surface area contributed by atoms with Crippen molar-refractivity contribution in [3.8, 4) is 0 Å². The predicted octanol–water partition coefficient (Wildman–Crippen LogP) is 3.76. The van der Waals surface area contributed by atoms with Gasteiger partial charge in [0.2, 0.25) is 5.76 Å². The van der Waals surface area contributed by atoms with Crippen molar-refractivity contribution in [3.05, 3.63) is 12.0 Å². The molecule has 1 heterocycles. The lowest BCUT2D eigenvalue weighted by atomic mass is 10.3. The van der Waals surface area contributed by atoms with Crippen LogP contribution < -0.4 is 0 Å². The number of hydrogen-bond acceptors (Lipinski definition) is 4. The molecule has 1 aliphatic heterocycles. The van der Waals surface area contributed by atoms with Crippen LogP contribution >= 0.6 is 0 Å². The third kappa shape index (κ3) is 3.86. The van der Waals surface area contributed by atoms with Crippen LogP contribution in [0.3, 0.4) is 0 Å². The Kier molecular flexibility index (Phi) is 5.46. The Morgan fingerprint density at radius 1 is 0.920 bits per heavy atom. The Bertz CT molecular complexity index is 491. The molecule has 25 heavy (non-hydrogen) atoms. The van der Waals surface area contributed by atoms with E-state index in [4.69, 9.17) is 0 Å². The Balaban J connectivity index is 3.43. The van der Waals surface area contributed by atoms with Gasteiger partial charge in [0.1, 0.15) is 6.61 Å². The van der Waals surface area contributed by atoms with E-state index < -0.39 is 60.6 Å². The molecule has 0 spiro atoms. The zero-order valence-electron chi connectivity index (χ0n) is 11.8. The number of rotatable bonds is 5. The molecule has 4 nitrogen and oxygen atoms in total.